The van der Waals surface area contributed by atoms with Crippen LogP contribution in [0.1, 0.15) is 39.9 Å². The summed E-state index contributed by atoms with van der Waals surface area (Å²) in [6.07, 6.45) is 4.19. The monoisotopic (exact) mass is 499 g/mol. The van der Waals surface area contributed by atoms with E-state index in [1.165, 1.54) is 5.56 Å². The predicted octanol–water partition coefficient (Wildman–Crippen LogP) is 5.10. The fourth-order valence-electron chi connectivity index (χ4n) is 3.92. The van der Waals surface area contributed by atoms with Crippen molar-refractivity contribution in [2.75, 3.05) is 18.6 Å². The maximum atomic E-state index is 13.2. The standard InChI is InChI=1S/C29H33NO4S.Li.H/c1-21-9-6-7-13-24(21)26-19-23(20-34-17-8-12-22-10-4-3-5-11-22)14-15-25(26)28(31)30-27(29(32)33)16-18-35-2;;/h3-7,9-11,13-15,19,27H,8,12,16-18,20H2,1-2H3,(H,30,31)(H,32,33);;/t27-;;/m0../s1. The van der Waals surface area contributed by atoms with Crippen LogP contribution in [0.3, 0.4) is 0 Å². The summed E-state index contributed by atoms with van der Waals surface area (Å²) in [5.41, 5.74) is 5.49. The van der Waals surface area contributed by atoms with Gasteiger partial charge in [-0.05, 0) is 78.1 Å². The first kappa shape index (κ1) is 29.7. The number of rotatable bonds is 13. The second kappa shape index (κ2) is 15.6. The molecule has 0 aliphatic rings. The third-order valence-corrected chi connectivity index (χ3v) is 6.49. The molecule has 0 radical (unpaired) electrons. The van der Waals surface area contributed by atoms with Crippen LogP contribution in [0.2, 0.25) is 0 Å². The quantitative estimate of drug-likeness (QED) is 0.253. The van der Waals surface area contributed by atoms with E-state index in [1.54, 1.807) is 17.8 Å². The second-order valence-electron chi connectivity index (χ2n) is 8.48. The average molecular weight is 500 g/mol. The molecule has 3 aromatic carbocycles. The molecule has 3 rings (SSSR count). The fraction of sp³-hybridized carbons (Fsp3) is 0.310. The SMILES string of the molecule is CSCC[C@H](NC(=O)c1ccc(COCCCc2ccccc2)cc1-c1ccccc1C)C(=O)O.[LiH]. The minimum atomic E-state index is -1.02. The molecule has 7 heteroatoms. The number of hydrogen-bond donors (Lipinski definition) is 2. The first-order valence-corrected chi connectivity index (χ1v) is 13.2. The molecular formula is C29H34LiNO4S. The van der Waals surface area contributed by atoms with Crippen molar-refractivity contribution in [3.05, 3.63) is 95.1 Å². The van der Waals surface area contributed by atoms with Crippen molar-refractivity contribution in [2.45, 2.75) is 38.8 Å². The van der Waals surface area contributed by atoms with Crippen molar-refractivity contribution in [1.29, 1.82) is 0 Å². The molecular weight excluding hydrogens is 465 g/mol. The molecule has 1 atom stereocenters. The van der Waals surface area contributed by atoms with Crippen LogP contribution in [0.4, 0.5) is 0 Å². The topological polar surface area (TPSA) is 75.6 Å². The number of carboxylic acid groups (broad SMARTS) is 1. The first-order valence-electron chi connectivity index (χ1n) is 11.8. The number of amides is 1. The van der Waals surface area contributed by atoms with Crippen molar-refractivity contribution in [3.8, 4) is 11.1 Å². The van der Waals surface area contributed by atoms with E-state index in [-0.39, 0.29) is 24.8 Å². The van der Waals surface area contributed by atoms with Gasteiger partial charge in [0.15, 0.2) is 0 Å². The van der Waals surface area contributed by atoms with Gasteiger partial charge >= 0.3 is 24.8 Å². The van der Waals surface area contributed by atoms with E-state index in [4.69, 9.17) is 4.74 Å². The van der Waals surface area contributed by atoms with Gasteiger partial charge in [-0.25, -0.2) is 4.79 Å². The van der Waals surface area contributed by atoms with Gasteiger partial charge < -0.3 is 15.2 Å². The van der Waals surface area contributed by atoms with Gasteiger partial charge in [-0.3, -0.25) is 4.79 Å². The van der Waals surface area contributed by atoms with Crippen LogP contribution in [-0.2, 0) is 22.6 Å². The molecule has 0 saturated heterocycles. The van der Waals surface area contributed by atoms with Crippen LogP contribution in [0, 0.1) is 6.92 Å². The number of hydrogen-bond acceptors (Lipinski definition) is 4. The Morgan fingerprint density at radius 1 is 0.972 bits per heavy atom. The number of carbonyl (C=O) groups is 2. The van der Waals surface area contributed by atoms with Gasteiger partial charge in [0.25, 0.3) is 5.91 Å². The molecule has 3 aromatic rings. The Morgan fingerprint density at radius 2 is 1.69 bits per heavy atom. The Kier molecular flexibility index (Phi) is 12.9. The van der Waals surface area contributed by atoms with Crippen LogP contribution in [0.25, 0.3) is 11.1 Å². The molecule has 2 N–H and O–H groups in total. The number of nitrogens with one attached hydrogen (secondary N) is 1. The van der Waals surface area contributed by atoms with Gasteiger partial charge in [0.1, 0.15) is 6.04 Å². The summed E-state index contributed by atoms with van der Waals surface area (Å²) in [7, 11) is 0. The van der Waals surface area contributed by atoms with E-state index in [2.05, 4.69) is 17.4 Å². The molecule has 186 valence electrons. The molecule has 0 aliphatic heterocycles. The number of benzene rings is 3. The molecule has 0 spiro atoms. The number of ether oxygens (including phenoxy) is 1. The molecule has 0 aliphatic carbocycles. The first-order chi connectivity index (χ1) is 17.0. The summed E-state index contributed by atoms with van der Waals surface area (Å²) >= 11 is 1.56. The summed E-state index contributed by atoms with van der Waals surface area (Å²) in [6.45, 7) is 3.09. The zero-order valence-corrected chi connectivity index (χ0v) is 21.1. The van der Waals surface area contributed by atoms with Crippen LogP contribution in [0.5, 0.6) is 0 Å². The van der Waals surface area contributed by atoms with E-state index in [0.717, 1.165) is 35.1 Å². The molecule has 0 fully saturated rings. The third kappa shape index (κ3) is 8.87. The Balaban J connectivity index is 0.00000456. The number of aryl methyl sites for hydroxylation is 2. The zero-order valence-electron chi connectivity index (χ0n) is 20.3. The van der Waals surface area contributed by atoms with E-state index >= 15 is 0 Å². The molecule has 0 aromatic heterocycles. The van der Waals surface area contributed by atoms with Gasteiger partial charge in [-0.15, -0.1) is 0 Å². The number of carboxylic acids is 1. The van der Waals surface area contributed by atoms with Gasteiger partial charge in [0.2, 0.25) is 0 Å². The maximum absolute atomic E-state index is 13.2. The van der Waals surface area contributed by atoms with Crippen molar-refractivity contribution in [1.82, 2.24) is 5.32 Å². The molecule has 36 heavy (non-hydrogen) atoms. The van der Waals surface area contributed by atoms with Crippen molar-refractivity contribution >= 4 is 42.5 Å². The average Bonchev–Trinajstić information content (AvgIpc) is 2.87. The summed E-state index contributed by atoms with van der Waals surface area (Å²) in [5, 5.41) is 12.3. The van der Waals surface area contributed by atoms with Gasteiger partial charge in [-0.2, -0.15) is 11.8 Å². The Labute approximate surface area is 230 Å². The van der Waals surface area contributed by atoms with Crippen LogP contribution >= 0.6 is 11.8 Å². The molecule has 1 amide bonds. The fourth-order valence-corrected chi connectivity index (χ4v) is 4.39. The van der Waals surface area contributed by atoms with E-state index < -0.39 is 12.0 Å². The van der Waals surface area contributed by atoms with Gasteiger partial charge in [-0.1, -0.05) is 60.7 Å². The summed E-state index contributed by atoms with van der Waals surface area (Å²) < 4.78 is 5.92. The third-order valence-electron chi connectivity index (χ3n) is 5.84. The predicted molar refractivity (Wildman–Crippen MR) is 150 cm³/mol. The Hall–Kier alpha value is -2.49. The number of thioether (sulfide) groups is 1. The normalized spacial score (nSPS) is 11.4. The number of aliphatic carboxylic acids is 1. The number of carbonyl (C=O) groups excluding carboxylic acids is 1. The van der Waals surface area contributed by atoms with Gasteiger partial charge in [0.05, 0.1) is 6.61 Å². The van der Waals surface area contributed by atoms with E-state index in [0.29, 0.717) is 31.0 Å². The summed E-state index contributed by atoms with van der Waals surface area (Å²) in [4.78, 5) is 24.8. The van der Waals surface area contributed by atoms with Crippen LogP contribution < -0.4 is 5.32 Å². The van der Waals surface area contributed by atoms with E-state index in [1.807, 2.05) is 67.8 Å². The molecule has 0 bridgehead atoms. The van der Waals surface area contributed by atoms with Crippen LogP contribution in [-0.4, -0.2) is 60.5 Å². The summed E-state index contributed by atoms with van der Waals surface area (Å²) in [5.74, 6) is -0.750. The van der Waals surface area contributed by atoms with Crippen LogP contribution in [0.15, 0.2) is 72.8 Å². The van der Waals surface area contributed by atoms with Gasteiger partial charge in [0, 0.05) is 12.2 Å². The molecule has 5 nitrogen and oxygen atoms in total. The molecule has 0 unspecified atom stereocenters. The Bertz CT molecular complexity index is 1120. The van der Waals surface area contributed by atoms with Crippen molar-refractivity contribution < 1.29 is 19.4 Å². The zero-order chi connectivity index (χ0) is 25.0. The molecule has 0 saturated carbocycles. The Morgan fingerprint density at radius 3 is 2.39 bits per heavy atom. The van der Waals surface area contributed by atoms with Crippen molar-refractivity contribution in [3.63, 3.8) is 0 Å². The van der Waals surface area contributed by atoms with Crippen molar-refractivity contribution in [2.24, 2.45) is 0 Å². The molecule has 0 heterocycles. The minimum absolute atomic E-state index is 0. The second-order valence-corrected chi connectivity index (χ2v) is 9.47. The van der Waals surface area contributed by atoms with E-state index in [9.17, 15) is 14.7 Å². The summed E-state index contributed by atoms with van der Waals surface area (Å²) in [6, 6.07) is 22.9.